The Morgan fingerprint density at radius 1 is 1.30 bits per heavy atom. The summed E-state index contributed by atoms with van der Waals surface area (Å²) in [7, 11) is 0. The minimum atomic E-state index is -0.346. The van der Waals surface area contributed by atoms with Gasteiger partial charge in [0, 0.05) is 22.6 Å². The molecule has 118 valence electrons. The summed E-state index contributed by atoms with van der Waals surface area (Å²) in [4.78, 5) is 20.6. The number of aryl methyl sites for hydroxylation is 3. The third-order valence-electron chi connectivity index (χ3n) is 3.78. The molecule has 0 bridgehead atoms. The second-order valence-corrected chi connectivity index (χ2v) is 5.42. The zero-order valence-electron chi connectivity index (χ0n) is 13.1. The van der Waals surface area contributed by atoms with Crippen molar-refractivity contribution in [3.8, 4) is 0 Å². The van der Waals surface area contributed by atoms with E-state index in [2.05, 4.69) is 20.4 Å². The third kappa shape index (κ3) is 2.90. The normalized spacial score (nSPS) is 11.0. The lowest BCUT2D eigenvalue weighted by Crippen LogP contribution is -2.18. The van der Waals surface area contributed by atoms with Crippen LogP contribution in [-0.4, -0.2) is 25.5 Å². The SMILES string of the molecule is Cc1ccc(NC(=O)Cc2c(C)nc3ncnn3c2C)cc1F. The Morgan fingerprint density at radius 3 is 2.83 bits per heavy atom. The molecule has 2 heterocycles. The number of carbonyl (C=O) groups excluding carboxylic acids is 1. The number of hydrogen-bond donors (Lipinski definition) is 1. The number of aromatic nitrogens is 4. The zero-order valence-corrected chi connectivity index (χ0v) is 13.1. The first kappa shape index (κ1) is 15.1. The molecule has 0 saturated carbocycles. The van der Waals surface area contributed by atoms with Crippen molar-refractivity contribution < 1.29 is 9.18 Å². The highest BCUT2D eigenvalue weighted by Gasteiger charge is 2.14. The predicted octanol–water partition coefficient (Wildman–Crippen LogP) is 2.37. The number of benzene rings is 1. The van der Waals surface area contributed by atoms with Gasteiger partial charge in [-0.3, -0.25) is 4.79 Å². The molecule has 0 unspecified atom stereocenters. The average Bonchev–Trinajstić information content (AvgIpc) is 2.95. The van der Waals surface area contributed by atoms with E-state index in [1.165, 1.54) is 12.4 Å². The summed E-state index contributed by atoms with van der Waals surface area (Å²) in [6.45, 7) is 5.37. The van der Waals surface area contributed by atoms with E-state index in [4.69, 9.17) is 0 Å². The number of nitrogens with zero attached hydrogens (tertiary/aromatic N) is 4. The van der Waals surface area contributed by atoms with E-state index in [1.807, 2.05) is 13.8 Å². The predicted molar refractivity (Wildman–Crippen MR) is 83.7 cm³/mol. The van der Waals surface area contributed by atoms with Crippen molar-refractivity contribution in [2.45, 2.75) is 27.2 Å². The number of fused-ring (bicyclic) bond motifs is 1. The molecule has 6 nitrogen and oxygen atoms in total. The van der Waals surface area contributed by atoms with Gasteiger partial charge in [-0.25, -0.2) is 13.9 Å². The Morgan fingerprint density at radius 2 is 2.09 bits per heavy atom. The van der Waals surface area contributed by atoms with Crippen LogP contribution in [0.1, 0.15) is 22.5 Å². The van der Waals surface area contributed by atoms with E-state index in [0.717, 1.165) is 17.0 Å². The Labute approximate surface area is 132 Å². The highest BCUT2D eigenvalue weighted by Crippen LogP contribution is 2.16. The lowest BCUT2D eigenvalue weighted by atomic mass is 10.1. The summed E-state index contributed by atoms with van der Waals surface area (Å²) in [5, 5.41) is 6.80. The first-order chi connectivity index (χ1) is 11.0. The molecule has 0 aliphatic heterocycles. The summed E-state index contributed by atoms with van der Waals surface area (Å²) in [5.41, 5.74) is 3.30. The Balaban J connectivity index is 1.83. The Bertz CT molecular complexity index is 903. The molecule has 23 heavy (non-hydrogen) atoms. The molecule has 2 aromatic heterocycles. The molecule has 1 amide bonds. The molecule has 0 aliphatic rings. The highest BCUT2D eigenvalue weighted by atomic mass is 19.1. The molecular formula is C16H16FN5O. The van der Waals surface area contributed by atoms with Gasteiger partial charge in [-0.2, -0.15) is 10.1 Å². The van der Waals surface area contributed by atoms with Gasteiger partial charge in [0.15, 0.2) is 0 Å². The molecule has 0 atom stereocenters. The lowest BCUT2D eigenvalue weighted by molar-refractivity contribution is -0.115. The maximum atomic E-state index is 13.5. The lowest BCUT2D eigenvalue weighted by Gasteiger charge is -2.11. The van der Waals surface area contributed by atoms with Crippen LogP contribution in [0.25, 0.3) is 5.78 Å². The van der Waals surface area contributed by atoms with E-state index in [9.17, 15) is 9.18 Å². The summed E-state index contributed by atoms with van der Waals surface area (Å²) in [6.07, 6.45) is 1.56. The van der Waals surface area contributed by atoms with Crippen LogP contribution in [0.3, 0.4) is 0 Å². The highest BCUT2D eigenvalue weighted by molar-refractivity contribution is 5.92. The molecule has 7 heteroatoms. The number of halogens is 1. The number of rotatable bonds is 3. The number of amides is 1. The largest absolute Gasteiger partial charge is 0.326 e. The van der Waals surface area contributed by atoms with Crippen molar-refractivity contribution >= 4 is 17.4 Å². The molecule has 0 radical (unpaired) electrons. The van der Waals surface area contributed by atoms with Crippen LogP contribution in [0.4, 0.5) is 10.1 Å². The number of carbonyl (C=O) groups is 1. The quantitative estimate of drug-likeness (QED) is 0.806. The summed E-state index contributed by atoms with van der Waals surface area (Å²) < 4.78 is 15.1. The Hall–Kier alpha value is -2.83. The van der Waals surface area contributed by atoms with Gasteiger partial charge in [0.2, 0.25) is 5.91 Å². The van der Waals surface area contributed by atoms with Gasteiger partial charge in [-0.1, -0.05) is 6.07 Å². The van der Waals surface area contributed by atoms with Crippen LogP contribution < -0.4 is 5.32 Å². The van der Waals surface area contributed by atoms with Crippen LogP contribution in [0.15, 0.2) is 24.5 Å². The molecule has 3 aromatic rings. The minimum Gasteiger partial charge on any atom is -0.326 e. The van der Waals surface area contributed by atoms with Crippen molar-refractivity contribution in [3.63, 3.8) is 0 Å². The first-order valence-electron chi connectivity index (χ1n) is 7.17. The first-order valence-corrected chi connectivity index (χ1v) is 7.17. The van der Waals surface area contributed by atoms with Crippen molar-refractivity contribution in [3.05, 3.63) is 52.9 Å². The molecule has 0 aliphatic carbocycles. The van der Waals surface area contributed by atoms with Crippen molar-refractivity contribution in [2.24, 2.45) is 0 Å². The van der Waals surface area contributed by atoms with Crippen LogP contribution >= 0.6 is 0 Å². The Kier molecular flexibility index (Phi) is 3.77. The summed E-state index contributed by atoms with van der Waals surface area (Å²) in [6, 6.07) is 4.62. The van der Waals surface area contributed by atoms with Gasteiger partial charge in [0.1, 0.15) is 12.1 Å². The summed E-state index contributed by atoms with van der Waals surface area (Å²) in [5.74, 6) is -0.0775. The maximum Gasteiger partial charge on any atom is 0.252 e. The molecule has 1 N–H and O–H groups in total. The third-order valence-corrected chi connectivity index (χ3v) is 3.78. The maximum absolute atomic E-state index is 13.5. The van der Waals surface area contributed by atoms with Gasteiger partial charge in [-0.05, 0) is 38.5 Å². The van der Waals surface area contributed by atoms with Gasteiger partial charge in [0.05, 0.1) is 6.42 Å². The van der Waals surface area contributed by atoms with E-state index in [1.54, 1.807) is 23.6 Å². The number of nitrogens with one attached hydrogen (secondary N) is 1. The second-order valence-electron chi connectivity index (χ2n) is 5.42. The summed E-state index contributed by atoms with van der Waals surface area (Å²) >= 11 is 0. The molecule has 0 spiro atoms. The molecule has 1 aromatic carbocycles. The van der Waals surface area contributed by atoms with Gasteiger partial charge < -0.3 is 5.32 Å². The number of hydrogen-bond acceptors (Lipinski definition) is 4. The zero-order chi connectivity index (χ0) is 16.6. The van der Waals surface area contributed by atoms with E-state index >= 15 is 0 Å². The standard InChI is InChI=1S/C16H16FN5O/c1-9-4-5-12(6-14(9)17)21-15(23)7-13-10(2)20-16-18-8-19-22(16)11(13)3/h4-6,8H,7H2,1-3H3,(H,21,23). The fraction of sp³-hybridized carbons (Fsp3) is 0.250. The molecule has 0 fully saturated rings. The van der Waals surface area contributed by atoms with Crippen molar-refractivity contribution in [1.29, 1.82) is 0 Å². The monoisotopic (exact) mass is 313 g/mol. The van der Waals surface area contributed by atoms with Gasteiger partial charge >= 0.3 is 0 Å². The van der Waals surface area contributed by atoms with Crippen molar-refractivity contribution in [1.82, 2.24) is 19.6 Å². The van der Waals surface area contributed by atoms with Crippen LogP contribution in [0, 0.1) is 26.6 Å². The van der Waals surface area contributed by atoms with E-state index < -0.39 is 0 Å². The second kappa shape index (κ2) is 5.75. The van der Waals surface area contributed by atoms with Crippen LogP contribution in [0.5, 0.6) is 0 Å². The van der Waals surface area contributed by atoms with Gasteiger partial charge in [0.25, 0.3) is 5.78 Å². The number of anilines is 1. The molecule has 0 saturated heterocycles. The fourth-order valence-electron chi connectivity index (χ4n) is 2.45. The van der Waals surface area contributed by atoms with Gasteiger partial charge in [-0.15, -0.1) is 0 Å². The van der Waals surface area contributed by atoms with Crippen LogP contribution in [-0.2, 0) is 11.2 Å². The fourth-order valence-corrected chi connectivity index (χ4v) is 2.45. The average molecular weight is 313 g/mol. The van der Waals surface area contributed by atoms with E-state index in [0.29, 0.717) is 17.0 Å². The minimum absolute atomic E-state index is 0.135. The van der Waals surface area contributed by atoms with Crippen LogP contribution in [0.2, 0.25) is 0 Å². The topological polar surface area (TPSA) is 72.2 Å². The smallest absolute Gasteiger partial charge is 0.252 e. The molecule has 3 rings (SSSR count). The molecular weight excluding hydrogens is 297 g/mol. The van der Waals surface area contributed by atoms with E-state index in [-0.39, 0.29) is 18.1 Å². The van der Waals surface area contributed by atoms with Crippen molar-refractivity contribution in [2.75, 3.05) is 5.32 Å².